The van der Waals surface area contributed by atoms with E-state index in [0.29, 0.717) is 12.8 Å². The summed E-state index contributed by atoms with van der Waals surface area (Å²) < 4.78 is 23.0. The molecular formula is C25H32O9. The summed E-state index contributed by atoms with van der Waals surface area (Å²) >= 11 is 0. The van der Waals surface area contributed by atoms with Crippen LogP contribution in [0.3, 0.4) is 0 Å². The SMILES string of the molecule is CC1(C)O[C@](C)(O)[C@]2(C)[C@H]3CC[C@@]4(C)[C@H](C5=CC(O)OC5=O)OC(=O)[C@H]5O[C@]54[C@]3(C)C(=O)C[C@@H]12. The van der Waals surface area contributed by atoms with Crippen molar-refractivity contribution in [2.45, 2.75) is 96.3 Å². The van der Waals surface area contributed by atoms with Gasteiger partial charge in [-0.15, -0.1) is 0 Å². The number of epoxide rings is 1. The van der Waals surface area contributed by atoms with Gasteiger partial charge in [-0.3, -0.25) is 4.79 Å². The van der Waals surface area contributed by atoms with Crippen LogP contribution in [0.15, 0.2) is 11.6 Å². The van der Waals surface area contributed by atoms with E-state index in [1.54, 1.807) is 6.92 Å². The van der Waals surface area contributed by atoms with Crippen molar-refractivity contribution in [3.05, 3.63) is 11.6 Å². The Labute approximate surface area is 197 Å². The minimum atomic E-state index is -1.49. The van der Waals surface area contributed by atoms with Crippen LogP contribution in [0.25, 0.3) is 0 Å². The standard InChI is InChI=1S/C25H32O9/c1-20(2)13-10-14(26)23(5)12(22(13,4)24(6,30)34-20)7-8-21(3)16(11-9-15(27)31-18(11)28)32-19(29)17-25(21,23)33-17/h9,12-13,15-17,27,30H,7-8,10H2,1-6H3/t12-,13+,15?,16+,17-,21+,22-,23+,24+,25-/m1/s1. The third-order valence-corrected chi connectivity index (χ3v) is 10.7. The van der Waals surface area contributed by atoms with Gasteiger partial charge in [0.1, 0.15) is 17.5 Å². The van der Waals surface area contributed by atoms with E-state index in [1.807, 2.05) is 34.6 Å². The number of carbonyl (C=O) groups excluding carboxylic acids is 3. The van der Waals surface area contributed by atoms with Crippen molar-refractivity contribution in [1.82, 2.24) is 0 Å². The number of esters is 2. The largest absolute Gasteiger partial charge is 0.454 e. The Morgan fingerprint density at radius 1 is 0.971 bits per heavy atom. The van der Waals surface area contributed by atoms with Gasteiger partial charge in [0.05, 0.1) is 16.6 Å². The van der Waals surface area contributed by atoms with Crippen LogP contribution in [0, 0.1) is 28.1 Å². The van der Waals surface area contributed by atoms with E-state index in [0.717, 1.165) is 0 Å². The molecule has 2 saturated carbocycles. The van der Waals surface area contributed by atoms with E-state index in [2.05, 4.69) is 0 Å². The number of hydrogen-bond acceptors (Lipinski definition) is 9. The molecule has 3 saturated heterocycles. The molecule has 6 aliphatic rings. The number of aliphatic hydroxyl groups excluding tert-OH is 1. The van der Waals surface area contributed by atoms with Crippen molar-refractivity contribution in [3.8, 4) is 0 Å². The zero-order chi connectivity index (χ0) is 24.9. The van der Waals surface area contributed by atoms with E-state index < -0.39 is 63.7 Å². The Hall–Kier alpha value is -1.81. The summed E-state index contributed by atoms with van der Waals surface area (Å²) in [5.41, 5.74) is -4.65. The Bertz CT molecular complexity index is 1080. The maximum Gasteiger partial charge on any atom is 0.340 e. The number of ketones is 1. The van der Waals surface area contributed by atoms with E-state index >= 15 is 0 Å². The highest BCUT2D eigenvalue weighted by molar-refractivity contribution is 5.96. The third-order valence-electron chi connectivity index (χ3n) is 10.7. The fourth-order valence-electron chi connectivity index (χ4n) is 9.09. The molecule has 5 fully saturated rings. The Kier molecular flexibility index (Phi) is 3.95. The molecule has 0 amide bonds. The minimum Gasteiger partial charge on any atom is -0.454 e. The van der Waals surface area contributed by atoms with E-state index in [-0.39, 0.29) is 29.6 Å². The highest BCUT2D eigenvalue weighted by Crippen LogP contribution is 2.79. The Balaban J connectivity index is 1.52. The quantitative estimate of drug-likeness (QED) is 0.425. The molecule has 1 unspecified atom stereocenters. The van der Waals surface area contributed by atoms with Crippen LogP contribution in [-0.4, -0.2) is 63.4 Å². The summed E-state index contributed by atoms with van der Waals surface area (Å²) in [6, 6.07) is 0. The van der Waals surface area contributed by atoms with Gasteiger partial charge in [-0.2, -0.15) is 0 Å². The Morgan fingerprint density at radius 3 is 2.26 bits per heavy atom. The highest BCUT2D eigenvalue weighted by Gasteiger charge is 2.90. The monoisotopic (exact) mass is 476 g/mol. The smallest absolute Gasteiger partial charge is 0.340 e. The highest BCUT2D eigenvalue weighted by atomic mass is 16.7. The molecule has 0 aromatic rings. The molecule has 0 aromatic carbocycles. The van der Waals surface area contributed by atoms with Crippen LogP contribution in [0.2, 0.25) is 0 Å². The van der Waals surface area contributed by atoms with Gasteiger partial charge in [-0.05, 0) is 52.5 Å². The fraction of sp³-hybridized carbons (Fsp3) is 0.800. The second kappa shape index (κ2) is 5.94. The van der Waals surface area contributed by atoms with Gasteiger partial charge in [0, 0.05) is 23.2 Å². The predicted molar refractivity (Wildman–Crippen MR) is 114 cm³/mol. The zero-order valence-electron chi connectivity index (χ0n) is 20.3. The first-order valence-corrected chi connectivity index (χ1v) is 12.0. The van der Waals surface area contributed by atoms with E-state index in [9.17, 15) is 24.6 Å². The number of carbonyl (C=O) groups is 3. The second-order valence-electron chi connectivity index (χ2n) is 12.3. The van der Waals surface area contributed by atoms with Gasteiger partial charge in [0.15, 0.2) is 11.9 Å². The summed E-state index contributed by atoms with van der Waals surface area (Å²) in [5, 5.41) is 21.4. The van der Waals surface area contributed by atoms with Crippen molar-refractivity contribution in [3.63, 3.8) is 0 Å². The summed E-state index contributed by atoms with van der Waals surface area (Å²) in [5.74, 6) is -3.44. The van der Waals surface area contributed by atoms with Gasteiger partial charge in [0.25, 0.3) is 0 Å². The molecule has 4 aliphatic heterocycles. The molecule has 186 valence electrons. The summed E-state index contributed by atoms with van der Waals surface area (Å²) in [7, 11) is 0. The lowest BCUT2D eigenvalue weighted by Crippen LogP contribution is -2.73. The predicted octanol–water partition coefficient (Wildman–Crippen LogP) is 1.39. The van der Waals surface area contributed by atoms with Gasteiger partial charge >= 0.3 is 11.9 Å². The molecule has 0 radical (unpaired) electrons. The molecule has 1 spiro atoms. The van der Waals surface area contributed by atoms with E-state index in [4.69, 9.17) is 18.9 Å². The first-order chi connectivity index (χ1) is 15.6. The van der Waals surface area contributed by atoms with Gasteiger partial charge in [-0.1, -0.05) is 13.8 Å². The molecule has 0 aromatic heterocycles. The first-order valence-electron chi connectivity index (χ1n) is 12.0. The van der Waals surface area contributed by atoms with Crippen molar-refractivity contribution in [2.75, 3.05) is 0 Å². The molecule has 2 N–H and O–H groups in total. The van der Waals surface area contributed by atoms with Gasteiger partial charge in [0.2, 0.25) is 6.29 Å². The lowest BCUT2D eigenvalue weighted by atomic mass is 9.37. The third kappa shape index (κ3) is 2.12. The van der Waals surface area contributed by atoms with Crippen LogP contribution in [0.4, 0.5) is 0 Å². The molecule has 9 heteroatoms. The molecule has 9 nitrogen and oxygen atoms in total. The number of fused-ring (bicyclic) bond motifs is 3. The minimum absolute atomic E-state index is 0.0285. The first kappa shape index (κ1) is 22.6. The topological polar surface area (TPSA) is 132 Å². The van der Waals surface area contributed by atoms with Crippen molar-refractivity contribution in [2.24, 2.45) is 28.1 Å². The van der Waals surface area contributed by atoms with Crippen LogP contribution in [-0.2, 0) is 33.3 Å². The van der Waals surface area contributed by atoms with Gasteiger partial charge < -0.3 is 29.2 Å². The number of Topliss-reactive ketones (excluding diaryl/α,β-unsaturated/α-hetero) is 1. The molecule has 10 atom stereocenters. The van der Waals surface area contributed by atoms with Crippen molar-refractivity contribution in [1.29, 1.82) is 0 Å². The zero-order valence-corrected chi connectivity index (χ0v) is 20.3. The molecule has 34 heavy (non-hydrogen) atoms. The van der Waals surface area contributed by atoms with Crippen molar-refractivity contribution < 1.29 is 43.5 Å². The van der Waals surface area contributed by atoms with Crippen LogP contribution < -0.4 is 0 Å². The fourth-order valence-corrected chi connectivity index (χ4v) is 9.09. The average molecular weight is 477 g/mol. The molecule has 6 rings (SSSR count). The summed E-state index contributed by atoms with van der Waals surface area (Å²) in [6.45, 7) is 11.2. The maximum absolute atomic E-state index is 14.1. The number of aliphatic hydroxyl groups is 2. The van der Waals surface area contributed by atoms with Crippen LogP contribution >= 0.6 is 0 Å². The van der Waals surface area contributed by atoms with Crippen molar-refractivity contribution >= 4 is 17.7 Å². The maximum atomic E-state index is 14.1. The normalized spacial score (nSPS) is 57.0. The number of cyclic esters (lactones) is 2. The molecule has 2 aliphatic carbocycles. The van der Waals surface area contributed by atoms with Gasteiger partial charge in [-0.25, -0.2) is 9.59 Å². The van der Waals surface area contributed by atoms with Crippen LogP contribution in [0.5, 0.6) is 0 Å². The Morgan fingerprint density at radius 2 is 1.65 bits per heavy atom. The number of ether oxygens (including phenoxy) is 4. The average Bonchev–Trinajstić information content (AvgIpc) is 3.37. The number of rotatable bonds is 1. The number of hydrogen-bond donors (Lipinski definition) is 2. The molecule has 4 heterocycles. The summed E-state index contributed by atoms with van der Waals surface area (Å²) in [4.78, 5) is 39.7. The second-order valence-corrected chi connectivity index (χ2v) is 12.3. The molecule has 0 bridgehead atoms. The molecular weight excluding hydrogens is 444 g/mol. The lowest BCUT2D eigenvalue weighted by Gasteiger charge is -2.64. The van der Waals surface area contributed by atoms with E-state index in [1.165, 1.54) is 6.08 Å². The lowest BCUT2D eigenvalue weighted by molar-refractivity contribution is -0.271. The summed E-state index contributed by atoms with van der Waals surface area (Å²) in [6.07, 6.45) is -0.898. The van der Waals surface area contributed by atoms with Crippen LogP contribution in [0.1, 0.15) is 60.8 Å².